The molecule has 0 aliphatic rings. The van der Waals surface area contributed by atoms with Crippen LogP contribution in [0.3, 0.4) is 0 Å². The number of benzene rings is 3. The number of nitrogens with one attached hydrogen (secondary N) is 1. The minimum absolute atomic E-state index is 0.902. The van der Waals surface area contributed by atoms with Crippen LogP contribution in [0, 0.1) is 11.3 Å². The van der Waals surface area contributed by atoms with Gasteiger partial charge in [-0.05, 0) is 0 Å². The van der Waals surface area contributed by atoms with E-state index in [0.717, 1.165) is 5.70 Å². The summed E-state index contributed by atoms with van der Waals surface area (Å²) >= 11 is -3.17. The molecule has 0 aliphatic carbocycles. The van der Waals surface area contributed by atoms with E-state index in [1.54, 1.807) is 6.08 Å². The predicted molar refractivity (Wildman–Crippen MR) is 106 cm³/mol. The molecule has 0 fully saturated rings. The summed E-state index contributed by atoms with van der Waals surface area (Å²) in [5, 5.41) is 9.10. The van der Waals surface area contributed by atoms with E-state index < -0.39 is 13.5 Å². The average molecular weight is 385 g/mol. The fourth-order valence-corrected chi connectivity index (χ4v) is 12.0. The van der Waals surface area contributed by atoms with Crippen LogP contribution in [0.1, 0.15) is 6.92 Å². The molecular weight excluding hydrogens is 365 g/mol. The molecule has 3 aromatic carbocycles. The van der Waals surface area contributed by atoms with Crippen LogP contribution < -0.4 is 17.5 Å². The molecule has 0 bridgehead atoms. The molecule has 0 aromatic heterocycles. The number of rotatable bonds is 5. The molecule has 0 heterocycles. The van der Waals surface area contributed by atoms with Crippen LogP contribution >= 0.6 is 0 Å². The summed E-state index contributed by atoms with van der Waals surface area (Å²) in [5.41, 5.74) is 0.902. The molecule has 0 atom stereocenters. The minimum atomic E-state index is -3.17. The van der Waals surface area contributed by atoms with Crippen molar-refractivity contribution in [1.29, 1.82) is 5.26 Å². The van der Waals surface area contributed by atoms with E-state index in [0.29, 0.717) is 0 Å². The van der Waals surface area contributed by atoms with E-state index in [1.807, 2.05) is 25.1 Å². The maximum absolute atomic E-state index is 9.10. The van der Waals surface area contributed by atoms with Gasteiger partial charge in [0.1, 0.15) is 0 Å². The SMILES string of the molecule is C/C(=C\C#N)[NH][Ge]([c]1ccccc1)([c]1ccccc1)[c]1ccccc1. The van der Waals surface area contributed by atoms with Crippen LogP contribution in [0.5, 0.6) is 0 Å². The van der Waals surface area contributed by atoms with Crippen LogP contribution in [0.15, 0.2) is 103 Å². The topological polar surface area (TPSA) is 35.8 Å². The van der Waals surface area contributed by atoms with Gasteiger partial charge < -0.3 is 0 Å². The Hall–Kier alpha value is -2.77. The van der Waals surface area contributed by atoms with Crippen molar-refractivity contribution in [3.8, 4) is 6.07 Å². The average Bonchev–Trinajstić information content (AvgIpc) is 2.68. The number of nitrogens with zero attached hydrogens (tertiary/aromatic N) is 1. The van der Waals surface area contributed by atoms with Crippen LogP contribution in [0.4, 0.5) is 0 Å². The Morgan fingerprint density at radius 3 is 1.44 bits per heavy atom. The van der Waals surface area contributed by atoms with Crippen molar-refractivity contribution in [1.82, 2.24) is 4.27 Å². The monoisotopic (exact) mass is 386 g/mol. The number of allylic oxidation sites excluding steroid dienone is 2. The van der Waals surface area contributed by atoms with E-state index in [1.165, 1.54) is 13.2 Å². The van der Waals surface area contributed by atoms with Crippen molar-refractivity contribution in [2.24, 2.45) is 0 Å². The van der Waals surface area contributed by atoms with E-state index >= 15 is 0 Å². The van der Waals surface area contributed by atoms with Gasteiger partial charge in [-0.2, -0.15) is 0 Å². The Kier molecular flexibility index (Phi) is 5.37. The molecule has 3 rings (SSSR count). The molecule has 0 aliphatic heterocycles. The second-order valence-corrected chi connectivity index (χ2v) is 13.2. The Balaban J connectivity index is 2.32. The first-order valence-corrected chi connectivity index (χ1v) is 12.5. The van der Waals surface area contributed by atoms with E-state index in [9.17, 15) is 0 Å². The fourth-order valence-electron chi connectivity index (χ4n) is 3.21. The summed E-state index contributed by atoms with van der Waals surface area (Å²) < 4.78 is 7.74. The van der Waals surface area contributed by atoms with Gasteiger partial charge in [-0.3, -0.25) is 0 Å². The van der Waals surface area contributed by atoms with Crippen LogP contribution in [0.2, 0.25) is 0 Å². The summed E-state index contributed by atoms with van der Waals surface area (Å²) in [5.74, 6) is 0. The standard InChI is InChI=1S/C22H20GeN2/c1-19(17-18-24)25-23(20-11-5-2-6-12-20,21-13-7-3-8-14-21)22-15-9-4-10-16-22/h2-17,25H,1H3/b19-17+. The van der Waals surface area contributed by atoms with Crippen molar-refractivity contribution < 1.29 is 0 Å². The maximum atomic E-state index is 9.10. The summed E-state index contributed by atoms with van der Waals surface area (Å²) in [6, 6.07) is 34.0. The molecule has 122 valence electrons. The van der Waals surface area contributed by atoms with Gasteiger partial charge in [-0.15, -0.1) is 0 Å². The molecule has 0 radical (unpaired) electrons. The first-order chi connectivity index (χ1) is 12.3. The second kappa shape index (κ2) is 7.87. The first kappa shape index (κ1) is 17.1. The molecule has 2 nitrogen and oxygen atoms in total. The Morgan fingerprint density at radius 2 is 1.12 bits per heavy atom. The summed E-state index contributed by atoms with van der Waals surface area (Å²) in [7, 11) is 0. The normalized spacial score (nSPS) is 11.6. The van der Waals surface area contributed by atoms with Gasteiger partial charge in [0.2, 0.25) is 0 Å². The van der Waals surface area contributed by atoms with Gasteiger partial charge in [-0.25, -0.2) is 0 Å². The summed E-state index contributed by atoms with van der Waals surface area (Å²) in [4.78, 5) is 0. The Labute approximate surface area is 152 Å². The fraction of sp³-hybridized carbons (Fsp3) is 0.0455. The molecule has 0 unspecified atom stereocenters. The summed E-state index contributed by atoms with van der Waals surface area (Å²) in [6.07, 6.45) is 1.59. The quantitative estimate of drug-likeness (QED) is 0.542. The predicted octanol–water partition coefficient (Wildman–Crippen LogP) is 2.67. The van der Waals surface area contributed by atoms with E-state index in [2.05, 4.69) is 83.1 Å². The van der Waals surface area contributed by atoms with Crippen molar-refractivity contribution >= 4 is 26.7 Å². The molecule has 0 saturated carbocycles. The van der Waals surface area contributed by atoms with Crippen LogP contribution in [-0.2, 0) is 0 Å². The van der Waals surface area contributed by atoms with Gasteiger partial charge in [-0.1, -0.05) is 0 Å². The Morgan fingerprint density at radius 1 is 0.760 bits per heavy atom. The summed E-state index contributed by atoms with van der Waals surface area (Å²) in [6.45, 7) is 1.97. The molecule has 25 heavy (non-hydrogen) atoms. The second-order valence-electron chi connectivity index (χ2n) is 5.93. The van der Waals surface area contributed by atoms with E-state index in [-0.39, 0.29) is 0 Å². The van der Waals surface area contributed by atoms with Crippen molar-refractivity contribution in [3.05, 3.63) is 103 Å². The van der Waals surface area contributed by atoms with E-state index in [4.69, 9.17) is 5.26 Å². The molecule has 1 N–H and O–H groups in total. The third-order valence-electron chi connectivity index (χ3n) is 4.29. The van der Waals surface area contributed by atoms with Gasteiger partial charge in [0, 0.05) is 0 Å². The zero-order valence-corrected chi connectivity index (χ0v) is 16.3. The van der Waals surface area contributed by atoms with Gasteiger partial charge >= 0.3 is 152 Å². The Bertz CT molecular complexity index is 785. The zero-order chi connectivity index (χ0) is 17.5. The van der Waals surface area contributed by atoms with Gasteiger partial charge in [0.05, 0.1) is 0 Å². The number of hydrogen-bond acceptors (Lipinski definition) is 2. The molecule has 3 aromatic rings. The molecular formula is C22H20GeN2. The molecule has 0 amide bonds. The van der Waals surface area contributed by atoms with Crippen molar-refractivity contribution in [3.63, 3.8) is 0 Å². The van der Waals surface area contributed by atoms with Gasteiger partial charge in [0.25, 0.3) is 0 Å². The number of hydrogen-bond donors (Lipinski definition) is 1. The molecule has 0 spiro atoms. The van der Waals surface area contributed by atoms with Crippen LogP contribution in [-0.4, -0.2) is 13.5 Å². The first-order valence-electron chi connectivity index (χ1n) is 8.28. The third-order valence-corrected chi connectivity index (χ3v) is 13.4. The third kappa shape index (κ3) is 3.52. The molecule has 3 heteroatoms. The van der Waals surface area contributed by atoms with Crippen LogP contribution in [0.25, 0.3) is 0 Å². The zero-order valence-electron chi connectivity index (χ0n) is 14.2. The van der Waals surface area contributed by atoms with Crippen molar-refractivity contribution in [2.75, 3.05) is 0 Å². The van der Waals surface area contributed by atoms with Crippen molar-refractivity contribution in [2.45, 2.75) is 6.92 Å². The van der Waals surface area contributed by atoms with Gasteiger partial charge in [0.15, 0.2) is 0 Å². The molecule has 0 saturated heterocycles. The number of nitriles is 1.